The molecule has 0 saturated carbocycles. The Hall–Kier alpha value is -2.73. The summed E-state index contributed by atoms with van der Waals surface area (Å²) in [5.74, 6) is -0.0371. The number of nitrogens with zero attached hydrogens (tertiary/aromatic N) is 4. The molecule has 1 aliphatic heterocycles. The number of rotatable bonds is 2. The van der Waals surface area contributed by atoms with E-state index >= 15 is 0 Å². The number of piperazine rings is 1. The Balaban J connectivity index is 1.59. The molecule has 1 saturated heterocycles. The van der Waals surface area contributed by atoms with Gasteiger partial charge in [0.15, 0.2) is 11.3 Å². The number of hydrogen-bond acceptors (Lipinski definition) is 4. The largest absolute Gasteiger partial charge is 0.334 e. The molecule has 1 amide bonds. The maximum atomic E-state index is 12.9. The topological polar surface area (TPSA) is 62.5 Å². The fourth-order valence-corrected chi connectivity index (χ4v) is 3.40. The Morgan fingerprint density at radius 2 is 2.00 bits per heavy atom. The maximum Gasteiger partial charge on any atom is 0.274 e. The van der Waals surface area contributed by atoms with Crippen molar-refractivity contribution < 1.29 is 4.79 Å². The quantitative estimate of drug-likeness (QED) is 0.779. The van der Waals surface area contributed by atoms with Crippen LogP contribution in [0, 0.1) is 13.8 Å². The van der Waals surface area contributed by atoms with Gasteiger partial charge in [0.1, 0.15) is 0 Å². The molecule has 0 aliphatic carbocycles. The summed E-state index contributed by atoms with van der Waals surface area (Å²) >= 11 is 0. The fourth-order valence-electron chi connectivity index (χ4n) is 3.40. The van der Waals surface area contributed by atoms with E-state index in [0.29, 0.717) is 18.8 Å². The van der Waals surface area contributed by atoms with E-state index in [9.17, 15) is 4.79 Å². The Morgan fingerprint density at radius 1 is 1.20 bits per heavy atom. The van der Waals surface area contributed by atoms with Gasteiger partial charge in [0.2, 0.25) is 0 Å². The van der Waals surface area contributed by atoms with Gasteiger partial charge in [-0.25, -0.2) is 9.50 Å². The first-order valence-corrected chi connectivity index (χ1v) is 8.53. The second kappa shape index (κ2) is 6.29. The average Bonchev–Trinajstić information content (AvgIpc) is 3.06. The molecular formula is C19H21N5O. The second-order valence-electron chi connectivity index (χ2n) is 6.51. The van der Waals surface area contributed by atoms with Gasteiger partial charge in [0.05, 0.1) is 0 Å². The third kappa shape index (κ3) is 3.00. The molecule has 0 radical (unpaired) electrons. The molecule has 3 aromatic rings. The van der Waals surface area contributed by atoms with Crippen molar-refractivity contribution in [3.63, 3.8) is 0 Å². The van der Waals surface area contributed by atoms with Gasteiger partial charge >= 0.3 is 0 Å². The predicted molar refractivity (Wildman–Crippen MR) is 95.6 cm³/mol. The van der Waals surface area contributed by atoms with Crippen molar-refractivity contribution in [1.82, 2.24) is 24.8 Å². The van der Waals surface area contributed by atoms with E-state index in [2.05, 4.69) is 27.5 Å². The van der Waals surface area contributed by atoms with Crippen LogP contribution in [0.2, 0.25) is 0 Å². The lowest BCUT2D eigenvalue weighted by Crippen LogP contribution is -2.48. The summed E-state index contributed by atoms with van der Waals surface area (Å²) in [7, 11) is 0. The molecule has 2 aromatic heterocycles. The van der Waals surface area contributed by atoms with Crippen LogP contribution in [0.25, 0.3) is 5.65 Å². The standard InChI is InChI=1S/C19H21N5O/c1-13-10-14(2)24-18(21-13)11-16(22-24)19(25)23-9-8-20-17(12-23)15-6-4-3-5-7-15/h3-7,10-11,17,20H,8-9,12H2,1-2H3/t17-/m0/s1. The molecule has 0 unspecified atom stereocenters. The van der Waals surface area contributed by atoms with Gasteiger partial charge in [-0.3, -0.25) is 4.79 Å². The van der Waals surface area contributed by atoms with E-state index < -0.39 is 0 Å². The number of aromatic nitrogens is 3. The SMILES string of the molecule is Cc1cc(C)n2nc(C(=O)N3CCN[C@H](c4ccccc4)C3)cc2n1. The summed E-state index contributed by atoms with van der Waals surface area (Å²) in [6.45, 7) is 6.01. The van der Waals surface area contributed by atoms with Crippen LogP contribution in [-0.2, 0) is 0 Å². The number of nitrogens with one attached hydrogen (secondary N) is 1. The van der Waals surface area contributed by atoms with Gasteiger partial charge in [0, 0.05) is 43.1 Å². The van der Waals surface area contributed by atoms with E-state index in [1.807, 2.05) is 43.0 Å². The normalized spacial score (nSPS) is 17.8. The van der Waals surface area contributed by atoms with Gasteiger partial charge in [-0.05, 0) is 25.5 Å². The number of hydrogen-bond donors (Lipinski definition) is 1. The summed E-state index contributed by atoms with van der Waals surface area (Å²) in [4.78, 5) is 19.3. The zero-order chi connectivity index (χ0) is 17.4. The molecule has 1 aromatic carbocycles. The van der Waals surface area contributed by atoms with Crippen molar-refractivity contribution in [1.29, 1.82) is 0 Å². The van der Waals surface area contributed by atoms with Crippen molar-refractivity contribution in [3.05, 3.63) is 65.1 Å². The van der Waals surface area contributed by atoms with Gasteiger partial charge in [-0.15, -0.1) is 0 Å². The van der Waals surface area contributed by atoms with Crippen molar-refractivity contribution in [3.8, 4) is 0 Å². The van der Waals surface area contributed by atoms with Crippen molar-refractivity contribution >= 4 is 11.6 Å². The highest BCUT2D eigenvalue weighted by molar-refractivity contribution is 5.93. The zero-order valence-corrected chi connectivity index (χ0v) is 14.4. The summed E-state index contributed by atoms with van der Waals surface area (Å²) in [6.07, 6.45) is 0. The average molecular weight is 335 g/mol. The highest BCUT2D eigenvalue weighted by Gasteiger charge is 2.26. The first kappa shape index (κ1) is 15.8. The highest BCUT2D eigenvalue weighted by Crippen LogP contribution is 2.19. The molecule has 1 N–H and O–H groups in total. The first-order valence-electron chi connectivity index (χ1n) is 8.53. The first-order chi connectivity index (χ1) is 12.1. The minimum atomic E-state index is -0.0371. The Bertz CT molecular complexity index is 918. The Labute approximate surface area is 146 Å². The van der Waals surface area contributed by atoms with Gasteiger partial charge in [0.25, 0.3) is 5.91 Å². The molecule has 1 atom stereocenters. The molecule has 1 fully saturated rings. The monoisotopic (exact) mass is 335 g/mol. The van der Waals surface area contributed by atoms with Crippen LogP contribution in [0.3, 0.4) is 0 Å². The number of benzene rings is 1. The fraction of sp³-hybridized carbons (Fsp3) is 0.316. The second-order valence-corrected chi connectivity index (χ2v) is 6.51. The maximum absolute atomic E-state index is 12.9. The molecule has 0 spiro atoms. The molecule has 4 rings (SSSR count). The Morgan fingerprint density at radius 3 is 2.80 bits per heavy atom. The molecule has 0 bridgehead atoms. The molecule has 3 heterocycles. The molecular weight excluding hydrogens is 314 g/mol. The zero-order valence-electron chi connectivity index (χ0n) is 14.4. The van der Waals surface area contributed by atoms with Crippen molar-refractivity contribution in [2.75, 3.05) is 19.6 Å². The molecule has 25 heavy (non-hydrogen) atoms. The lowest BCUT2D eigenvalue weighted by molar-refractivity contribution is 0.0696. The predicted octanol–water partition coefficient (Wildman–Crippen LogP) is 2.13. The van der Waals surface area contributed by atoms with E-state index in [0.717, 1.165) is 23.6 Å². The molecule has 6 heteroatoms. The van der Waals surface area contributed by atoms with Crippen LogP contribution in [0.4, 0.5) is 0 Å². The van der Waals surface area contributed by atoms with E-state index in [1.54, 1.807) is 10.6 Å². The van der Waals surface area contributed by atoms with Crippen LogP contribution < -0.4 is 5.32 Å². The minimum absolute atomic E-state index is 0.0371. The molecule has 1 aliphatic rings. The number of aryl methyl sites for hydroxylation is 2. The number of carbonyl (C=O) groups excluding carboxylic acids is 1. The lowest BCUT2D eigenvalue weighted by atomic mass is 10.0. The third-order valence-corrected chi connectivity index (χ3v) is 4.62. The number of carbonyl (C=O) groups is 1. The summed E-state index contributed by atoms with van der Waals surface area (Å²) in [5.41, 5.74) is 4.27. The summed E-state index contributed by atoms with van der Waals surface area (Å²) < 4.78 is 1.73. The highest BCUT2D eigenvalue weighted by atomic mass is 16.2. The number of fused-ring (bicyclic) bond motifs is 1. The van der Waals surface area contributed by atoms with E-state index in [4.69, 9.17) is 0 Å². The molecule has 6 nitrogen and oxygen atoms in total. The van der Waals surface area contributed by atoms with Crippen molar-refractivity contribution in [2.45, 2.75) is 19.9 Å². The Kier molecular flexibility index (Phi) is 3.97. The van der Waals surface area contributed by atoms with Gasteiger partial charge < -0.3 is 10.2 Å². The van der Waals surface area contributed by atoms with Crippen LogP contribution in [0.1, 0.15) is 33.5 Å². The summed E-state index contributed by atoms with van der Waals surface area (Å²) in [5, 5.41) is 7.95. The summed E-state index contributed by atoms with van der Waals surface area (Å²) in [6, 6.07) is 14.1. The smallest absolute Gasteiger partial charge is 0.274 e. The van der Waals surface area contributed by atoms with Crippen molar-refractivity contribution in [2.24, 2.45) is 0 Å². The lowest BCUT2D eigenvalue weighted by Gasteiger charge is -2.33. The van der Waals surface area contributed by atoms with Gasteiger partial charge in [-0.2, -0.15) is 5.10 Å². The van der Waals surface area contributed by atoms with Crippen LogP contribution >= 0.6 is 0 Å². The van der Waals surface area contributed by atoms with E-state index in [1.165, 1.54) is 5.56 Å². The van der Waals surface area contributed by atoms with Gasteiger partial charge in [-0.1, -0.05) is 30.3 Å². The molecule has 128 valence electrons. The number of amides is 1. The van der Waals surface area contributed by atoms with Crippen LogP contribution in [0.5, 0.6) is 0 Å². The van der Waals surface area contributed by atoms with Crippen LogP contribution in [0.15, 0.2) is 42.5 Å². The third-order valence-electron chi connectivity index (χ3n) is 4.62. The van der Waals surface area contributed by atoms with Crippen LogP contribution in [-0.4, -0.2) is 45.0 Å². The van der Waals surface area contributed by atoms with E-state index in [-0.39, 0.29) is 11.9 Å². The minimum Gasteiger partial charge on any atom is -0.334 e.